The van der Waals surface area contributed by atoms with E-state index < -0.39 is 5.97 Å². The summed E-state index contributed by atoms with van der Waals surface area (Å²) in [5.41, 5.74) is 2.96. The number of aromatic hydroxyl groups is 1. The summed E-state index contributed by atoms with van der Waals surface area (Å²) >= 11 is 0. The number of aromatic carboxylic acids is 1. The number of benzene rings is 4. The average Bonchev–Trinajstić information content (AvgIpc) is 2.86. The molecule has 0 unspecified atom stereocenters. The summed E-state index contributed by atoms with van der Waals surface area (Å²) in [5.74, 6) is -1.34. The highest BCUT2D eigenvalue weighted by atomic mass is 16.5. The molecule has 0 amide bonds. The third-order valence-electron chi connectivity index (χ3n) is 5.97. The Kier molecular flexibility index (Phi) is 6.75. The number of phenols is 1. The third-order valence-corrected chi connectivity index (χ3v) is 5.97. The molecule has 4 aromatic rings. The monoisotopic (exact) mass is 438 g/mol. The third kappa shape index (κ3) is 4.60. The molecule has 4 nitrogen and oxygen atoms in total. The Hall–Kier alpha value is -4.05. The van der Waals surface area contributed by atoms with Crippen molar-refractivity contribution >= 4 is 5.97 Å². The summed E-state index contributed by atoms with van der Waals surface area (Å²) in [6, 6.07) is 35.8. The molecule has 0 aliphatic heterocycles. The first-order chi connectivity index (χ1) is 16.1. The van der Waals surface area contributed by atoms with Gasteiger partial charge in [-0.3, -0.25) is 0 Å². The topological polar surface area (TPSA) is 66.8 Å². The van der Waals surface area contributed by atoms with Crippen molar-refractivity contribution in [2.45, 2.75) is 18.3 Å². The lowest BCUT2D eigenvalue weighted by Gasteiger charge is -2.36. The quantitative estimate of drug-likeness (QED) is 0.238. The minimum atomic E-state index is -1.21. The van der Waals surface area contributed by atoms with Crippen LogP contribution >= 0.6 is 0 Å². The van der Waals surface area contributed by atoms with Crippen molar-refractivity contribution in [1.82, 2.24) is 0 Å². The Morgan fingerprint density at radius 2 is 1.18 bits per heavy atom. The number of carboxylic acids is 1. The maximum atomic E-state index is 11.5. The lowest BCUT2D eigenvalue weighted by atomic mass is 9.67. The molecule has 0 fully saturated rings. The van der Waals surface area contributed by atoms with E-state index in [4.69, 9.17) is 4.74 Å². The van der Waals surface area contributed by atoms with Crippen LogP contribution in [0.2, 0.25) is 0 Å². The van der Waals surface area contributed by atoms with E-state index in [1.807, 2.05) is 18.2 Å². The summed E-state index contributed by atoms with van der Waals surface area (Å²) in [6.07, 6.45) is 1.43. The second-order valence-electron chi connectivity index (χ2n) is 7.91. The van der Waals surface area contributed by atoms with Gasteiger partial charge in [-0.25, -0.2) is 4.79 Å². The van der Waals surface area contributed by atoms with Gasteiger partial charge in [-0.05, 0) is 41.7 Å². The fourth-order valence-electron chi connectivity index (χ4n) is 4.48. The van der Waals surface area contributed by atoms with Crippen LogP contribution in [-0.2, 0) is 5.41 Å². The van der Waals surface area contributed by atoms with Gasteiger partial charge in [-0.2, -0.15) is 0 Å². The molecule has 0 aromatic heterocycles. The number of ether oxygens (including phenoxy) is 1. The van der Waals surface area contributed by atoms with E-state index in [2.05, 4.69) is 72.8 Å². The van der Waals surface area contributed by atoms with Crippen molar-refractivity contribution in [1.29, 1.82) is 0 Å². The minimum Gasteiger partial charge on any atom is -0.507 e. The van der Waals surface area contributed by atoms with Crippen LogP contribution < -0.4 is 4.74 Å². The number of rotatable bonds is 9. The lowest BCUT2D eigenvalue weighted by molar-refractivity contribution is 0.0688. The van der Waals surface area contributed by atoms with Crippen molar-refractivity contribution in [2.24, 2.45) is 0 Å². The van der Waals surface area contributed by atoms with E-state index in [-0.39, 0.29) is 22.5 Å². The Balaban J connectivity index is 1.67. The highest BCUT2D eigenvalue weighted by molar-refractivity contribution is 5.93. The van der Waals surface area contributed by atoms with Gasteiger partial charge in [-0.1, -0.05) is 97.1 Å². The Bertz CT molecular complexity index is 1090. The van der Waals surface area contributed by atoms with Gasteiger partial charge in [0.2, 0.25) is 0 Å². The van der Waals surface area contributed by atoms with Gasteiger partial charge in [0.25, 0.3) is 0 Å². The van der Waals surface area contributed by atoms with Crippen molar-refractivity contribution in [2.75, 3.05) is 6.61 Å². The van der Waals surface area contributed by atoms with Crippen molar-refractivity contribution in [3.8, 4) is 11.5 Å². The van der Waals surface area contributed by atoms with Crippen LogP contribution in [0.25, 0.3) is 0 Å². The van der Waals surface area contributed by atoms with Crippen molar-refractivity contribution < 1.29 is 19.7 Å². The van der Waals surface area contributed by atoms with E-state index in [0.29, 0.717) is 13.0 Å². The van der Waals surface area contributed by atoms with Crippen LogP contribution in [0.1, 0.15) is 39.9 Å². The first kappa shape index (κ1) is 22.2. The zero-order chi connectivity index (χ0) is 23.1. The predicted molar refractivity (Wildman–Crippen MR) is 129 cm³/mol. The van der Waals surface area contributed by atoms with E-state index >= 15 is 0 Å². The Morgan fingerprint density at radius 3 is 1.64 bits per heavy atom. The molecule has 4 aromatic carbocycles. The molecule has 0 aliphatic rings. The normalized spacial score (nSPS) is 11.2. The lowest BCUT2D eigenvalue weighted by Crippen LogP contribution is -2.30. The van der Waals surface area contributed by atoms with Crippen LogP contribution in [0.5, 0.6) is 11.5 Å². The standard InChI is InChI=1S/C29H26O4/c30-25-18-10-19-26(27(25)28(31)32)33-21-11-20-29(22-12-4-1-5-13-22,23-14-6-2-7-15-23)24-16-8-3-9-17-24/h1-10,12-19,30H,11,20-21H2,(H,31,32). The van der Waals surface area contributed by atoms with Gasteiger partial charge in [0.1, 0.15) is 17.1 Å². The van der Waals surface area contributed by atoms with E-state index in [0.717, 1.165) is 6.42 Å². The van der Waals surface area contributed by atoms with Crippen LogP contribution in [-0.4, -0.2) is 22.8 Å². The zero-order valence-corrected chi connectivity index (χ0v) is 18.2. The molecule has 4 rings (SSSR count). The van der Waals surface area contributed by atoms with Crippen LogP contribution in [0.4, 0.5) is 0 Å². The van der Waals surface area contributed by atoms with Crippen LogP contribution in [0.15, 0.2) is 109 Å². The molecule has 166 valence electrons. The minimum absolute atomic E-state index is 0.173. The fraction of sp³-hybridized carbons (Fsp3) is 0.138. The smallest absolute Gasteiger partial charge is 0.343 e. The summed E-state index contributed by atoms with van der Waals surface area (Å²) in [5, 5.41) is 19.4. The summed E-state index contributed by atoms with van der Waals surface area (Å²) in [4.78, 5) is 11.5. The second-order valence-corrected chi connectivity index (χ2v) is 7.91. The highest BCUT2D eigenvalue weighted by Crippen LogP contribution is 2.43. The molecule has 0 atom stereocenters. The van der Waals surface area contributed by atoms with Crippen molar-refractivity contribution in [3.05, 3.63) is 131 Å². The van der Waals surface area contributed by atoms with Crippen molar-refractivity contribution in [3.63, 3.8) is 0 Å². The number of carboxylic acid groups (broad SMARTS) is 1. The maximum Gasteiger partial charge on any atom is 0.343 e. The summed E-state index contributed by atoms with van der Waals surface area (Å²) in [6.45, 7) is 0.317. The number of hydrogen-bond donors (Lipinski definition) is 2. The molecule has 0 radical (unpaired) electrons. The first-order valence-corrected chi connectivity index (χ1v) is 11.0. The van der Waals surface area contributed by atoms with Gasteiger partial charge >= 0.3 is 5.97 Å². The summed E-state index contributed by atoms with van der Waals surface area (Å²) < 4.78 is 5.84. The van der Waals surface area contributed by atoms with Gasteiger partial charge in [0.15, 0.2) is 0 Å². The van der Waals surface area contributed by atoms with Crippen LogP contribution in [0, 0.1) is 0 Å². The van der Waals surface area contributed by atoms with Gasteiger partial charge in [0.05, 0.1) is 6.61 Å². The van der Waals surface area contributed by atoms with E-state index in [9.17, 15) is 15.0 Å². The molecule has 2 N–H and O–H groups in total. The molecule has 4 heteroatoms. The second kappa shape index (κ2) is 10.0. The molecule has 0 aliphatic carbocycles. The number of hydrogen-bond acceptors (Lipinski definition) is 3. The van der Waals surface area contributed by atoms with E-state index in [1.54, 1.807) is 12.1 Å². The fourth-order valence-corrected chi connectivity index (χ4v) is 4.48. The Labute approximate surface area is 193 Å². The number of carbonyl (C=O) groups is 1. The highest BCUT2D eigenvalue weighted by Gasteiger charge is 2.35. The van der Waals surface area contributed by atoms with Gasteiger partial charge in [0, 0.05) is 5.41 Å². The Morgan fingerprint density at radius 1 is 0.697 bits per heavy atom. The summed E-state index contributed by atoms with van der Waals surface area (Å²) in [7, 11) is 0. The largest absolute Gasteiger partial charge is 0.507 e. The molecule has 0 bridgehead atoms. The SMILES string of the molecule is O=C(O)c1c(O)cccc1OCCCC(c1ccccc1)(c1ccccc1)c1ccccc1. The molecule has 0 spiro atoms. The zero-order valence-electron chi connectivity index (χ0n) is 18.2. The van der Waals surface area contributed by atoms with Gasteiger partial charge < -0.3 is 14.9 Å². The first-order valence-electron chi connectivity index (χ1n) is 11.0. The molecule has 0 saturated carbocycles. The predicted octanol–water partition coefficient (Wildman–Crippen LogP) is 6.28. The maximum absolute atomic E-state index is 11.5. The van der Waals surface area contributed by atoms with Crippen LogP contribution in [0.3, 0.4) is 0 Å². The van der Waals surface area contributed by atoms with Gasteiger partial charge in [-0.15, -0.1) is 0 Å². The van der Waals surface area contributed by atoms with E-state index in [1.165, 1.54) is 22.8 Å². The molecule has 0 heterocycles. The molecule has 33 heavy (non-hydrogen) atoms. The molecular formula is C29H26O4. The molecule has 0 saturated heterocycles. The molecular weight excluding hydrogens is 412 g/mol. The average molecular weight is 439 g/mol.